The predicted molar refractivity (Wildman–Crippen MR) is 126 cm³/mol. The minimum atomic E-state index is -4.61. The quantitative estimate of drug-likeness (QED) is 0.488. The van der Waals surface area contributed by atoms with Crippen LogP contribution in [0.2, 0.25) is 0 Å². The molecule has 0 spiro atoms. The van der Waals surface area contributed by atoms with Gasteiger partial charge < -0.3 is 15.1 Å². The summed E-state index contributed by atoms with van der Waals surface area (Å²) in [5, 5.41) is 2.90. The monoisotopic (exact) mass is 487 g/mol. The lowest BCUT2D eigenvalue weighted by Crippen LogP contribution is -2.54. The van der Waals surface area contributed by atoms with E-state index in [1.165, 1.54) is 23.4 Å². The minimum absolute atomic E-state index is 0.0612. The van der Waals surface area contributed by atoms with Crippen molar-refractivity contribution < 1.29 is 22.4 Å². The van der Waals surface area contributed by atoms with E-state index in [4.69, 9.17) is 0 Å². The number of benzene rings is 1. The summed E-state index contributed by atoms with van der Waals surface area (Å²) in [6.07, 6.45) is 8.87. The summed E-state index contributed by atoms with van der Waals surface area (Å²) in [7, 11) is 4.27. The second-order valence-corrected chi connectivity index (χ2v) is 10.1. The van der Waals surface area contributed by atoms with Crippen molar-refractivity contribution in [3.63, 3.8) is 0 Å². The molecular weight excluding hydrogens is 458 g/mol. The van der Waals surface area contributed by atoms with Gasteiger partial charge in [-0.25, -0.2) is 4.39 Å². The molecule has 1 saturated heterocycles. The van der Waals surface area contributed by atoms with E-state index >= 15 is 0 Å². The first-order valence-electron chi connectivity index (χ1n) is 12.0. The highest BCUT2D eigenvalue weighted by Crippen LogP contribution is 2.52. The number of halogens is 4. The molecule has 35 heavy (non-hydrogen) atoms. The van der Waals surface area contributed by atoms with Gasteiger partial charge in [0.15, 0.2) is 0 Å². The molecule has 0 radical (unpaired) electrons. The molecule has 1 aromatic carbocycles. The van der Waals surface area contributed by atoms with Crippen molar-refractivity contribution in [1.29, 1.82) is 0 Å². The van der Waals surface area contributed by atoms with Crippen molar-refractivity contribution >= 4 is 12.0 Å². The summed E-state index contributed by atoms with van der Waals surface area (Å²) >= 11 is 0. The normalized spacial score (nSPS) is 30.1. The number of nitrogens with one attached hydrogen (secondary N) is 1. The number of piperidine rings is 1. The van der Waals surface area contributed by atoms with Gasteiger partial charge in [0, 0.05) is 55.6 Å². The third kappa shape index (κ3) is 4.56. The van der Waals surface area contributed by atoms with Gasteiger partial charge in [0.1, 0.15) is 5.82 Å². The fourth-order valence-corrected chi connectivity index (χ4v) is 6.35. The van der Waals surface area contributed by atoms with E-state index in [-0.39, 0.29) is 17.4 Å². The van der Waals surface area contributed by atoms with Crippen LogP contribution in [0.1, 0.15) is 24.0 Å². The molecule has 1 amide bonds. The van der Waals surface area contributed by atoms with Gasteiger partial charge in [0.05, 0.1) is 5.56 Å². The molecule has 8 heteroatoms. The van der Waals surface area contributed by atoms with Crippen LogP contribution in [0.15, 0.2) is 60.0 Å². The molecule has 0 aromatic heterocycles. The zero-order valence-corrected chi connectivity index (χ0v) is 19.7. The van der Waals surface area contributed by atoms with Crippen molar-refractivity contribution in [3.05, 3.63) is 76.9 Å². The Labute approximate surface area is 202 Å². The molecule has 2 fully saturated rings. The smallest absolute Gasteiger partial charge is 0.354 e. The number of hydrogen-bond acceptors (Lipinski definition) is 3. The molecule has 1 aromatic rings. The lowest BCUT2D eigenvalue weighted by molar-refractivity contribution is -0.137. The van der Waals surface area contributed by atoms with Gasteiger partial charge in [-0.3, -0.25) is 4.79 Å². The van der Waals surface area contributed by atoms with Crippen molar-refractivity contribution in [2.45, 2.75) is 25.1 Å². The first-order valence-corrected chi connectivity index (χ1v) is 12.0. The number of likely N-dealkylation sites (tertiary alicyclic amines) is 1. The molecule has 2 heterocycles. The van der Waals surface area contributed by atoms with Gasteiger partial charge in [-0.2, -0.15) is 13.2 Å². The fraction of sp³-hybridized carbons (Fsp3) is 0.444. The van der Waals surface area contributed by atoms with E-state index in [2.05, 4.69) is 53.6 Å². The van der Waals surface area contributed by atoms with Gasteiger partial charge in [0.25, 0.3) is 0 Å². The predicted octanol–water partition coefficient (Wildman–Crippen LogP) is 4.83. The Morgan fingerprint density at radius 1 is 1.26 bits per heavy atom. The molecule has 2 unspecified atom stereocenters. The van der Waals surface area contributed by atoms with E-state index < -0.39 is 17.6 Å². The first-order chi connectivity index (χ1) is 16.6. The SMILES string of the molecule is CN1C=C2C[C@@H]3[C@H](C[C@@H](CNC(=O)/C=C/c4ccc(C(F)(F)F)cc4F)CN3C)C3C=CC=C1C23. The zero-order valence-electron chi connectivity index (χ0n) is 19.7. The first kappa shape index (κ1) is 23.9. The lowest BCUT2D eigenvalue weighted by Gasteiger charge is -2.51. The number of carbonyl (C=O) groups excluding carboxylic acids is 1. The van der Waals surface area contributed by atoms with Gasteiger partial charge in [-0.1, -0.05) is 18.2 Å². The van der Waals surface area contributed by atoms with E-state index in [1.54, 1.807) is 0 Å². The van der Waals surface area contributed by atoms with Crippen molar-refractivity contribution in [1.82, 2.24) is 15.1 Å². The second-order valence-electron chi connectivity index (χ2n) is 10.1. The van der Waals surface area contributed by atoms with Crippen LogP contribution in [0.25, 0.3) is 6.08 Å². The van der Waals surface area contributed by atoms with Crippen LogP contribution in [-0.4, -0.2) is 48.9 Å². The maximum absolute atomic E-state index is 14.0. The standard InChI is InChI=1S/C27H29F4N3O/c1-33-14-16(10-21-20-4-3-5-23-26(20)18(11-24(21)33)15-34(23)2)13-32-25(35)9-7-17-6-8-19(12-22(17)28)27(29,30)31/h3-9,12,15-16,20-21,24,26H,10-11,13-14H2,1-2H3,(H,32,35)/b9-7+/t16-,20?,21+,24+,26?/m0/s1. The molecule has 4 nitrogen and oxygen atoms in total. The molecule has 2 aliphatic carbocycles. The summed E-state index contributed by atoms with van der Waals surface area (Å²) in [5.74, 6) is 0.294. The van der Waals surface area contributed by atoms with Gasteiger partial charge >= 0.3 is 6.18 Å². The van der Waals surface area contributed by atoms with Crippen molar-refractivity contribution in [2.75, 3.05) is 27.2 Å². The van der Waals surface area contributed by atoms with Crippen LogP contribution in [0.5, 0.6) is 0 Å². The van der Waals surface area contributed by atoms with Gasteiger partial charge in [-0.15, -0.1) is 0 Å². The van der Waals surface area contributed by atoms with Crippen LogP contribution in [0, 0.1) is 29.5 Å². The Bertz CT molecular complexity index is 1140. The summed E-state index contributed by atoms with van der Waals surface area (Å²) in [6.45, 7) is 1.38. The van der Waals surface area contributed by atoms with Crippen LogP contribution in [0.4, 0.5) is 17.6 Å². The Kier molecular flexibility index (Phi) is 6.11. The Hall–Kier alpha value is -2.87. The number of carbonyl (C=O) groups is 1. The highest BCUT2D eigenvalue weighted by atomic mass is 19.4. The number of amides is 1. The molecule has 5 rings (SSSR count). The average Bonchev–Trinajstić information content (AvgIpc) is 3.13. The highest BCUT2D eigenvalue weighted by molar-refractivity contribution is 5.91. The minimum Gasteiger partial charge on any atom is -0.354 e. The van der Waals surface area contributed by atoms with E-state index in [9.17, 15) is 22.4 Å². The second kappa shape index (κ2) is 8.97. The molecule has 0 bridgehead atoms. The highest BCUT2D eigenvalue weighted by Gasteiger charge is 2.49. The summed E-state index contributed by atoms with van der Waals surface area (Å²) in [6, 6.07) is 2.76. The average molecular weight is 488 g/mol. The summed E-state index contributed by atoms with van der Waals surface area (Å²) < 4.78 is 52.1. The van der Waals surface area contributed by atoms with E-state index in [0.717, 1.165) is 31.5 Å². The van der Waals surface area contributed by atoms with E-state index in [1.807, 2.05) is 0 Å². The van der Waals surface area contributed by atoms with Gasteiger partial charge in [0.2, 0.25) is 5.91 Å². The molecule has 186 valence electrons. The maximum Gasteiger partial charge on any atom is 0.416 e. The number of alkyl halides is 3. The zero-order chi connectivity index (χ0) is 24.9. The molecule has 2 aliphatic heterocycles. The molecule has 1 saturated carbocycles. The Morgan fingerprint density at radius 3 is 2.80 bits per heavy atom. The largest absolute Gasteiger partial charge is 0.416 e. The third-order valence-electron chi connectivity index (χ3n) is 7.93. The third-order valence-corrected chi connectivity index (χ3v) is 7.93. The van der Waals surface area contributed by atoms with Gasteiger partial charge in [-0.05, 0) is 67.5 Å². The molecular formula is C27H29F4N3O. The number of hydrogen-bond donors (Lipinski definition) is 1. The van der Waals surface area contributed by atoms with Crippen LogP contribution in [0.3, 0.4) is 0 Å². The van der Waals surface area contributed by atoms with Crippen LogP contribution in [-0.2, 0) is 11.0 Å². The molecule has 1 N–H and O–H groups in total. The lowest BCUT2D eigenvalue weighted by atomic mass is 9.61. The Balaban J connectivity index is 1.20. The summed E-state index contributed by atoms with van der Waals surface area (Å²) in [4.78, 5) is 17.0. The molecule has 4 aliphatic rings. The maximum atomic E-state index is 14.0. The van der Waals surface area contributed by atoms with E-state index in [0.29, 0.717) is 36.4 Å². The number of allylic oxidation sites excluding steroid dienone is 4. The molecule has 5 atom stereocenters. The Morgan fingerprint density at radius 2 is 2.06 bits per heavy atom. The topological polar surface area (TPSA) is 35.6 Å². The van der Waals surface area contributed by atoms with Crippen molar-refractivity contribution in [2.24, 2.45) is 23.7 Å². The number of nitrogens with zero attached hydrogens (tertiary/aromatic N) is 2. The number of fused-ring (bicyclic) bond motifs is 2. The van der Waals surface area contributed by atoms with Crippen LogP contribution < -0.4 is 5.32 Å². The fourth-order valence-electron chi connectivity index (χ4n) is 6.35. The number of rotatable bonds is 4. The summed E-state index contributed by atoms with van der Waals surface area (Å²) in [5.41, 5.74) is 1.76. The van der Waals surface area contributed by atoms with Crippen molar-refractivity contribution in [3.8, 4) is 0 Å². The van der Waals surface area contributed by atoms with Crippen LogP contribution >= 0.6 is 0 Å².